The molecule has 60 heavy (non-hydrogen) atoms. The monoisotopic (exact) mass is 831 g/mol. The van der Waals surface area contributed by atoms with Crippen LogP contribution in [-0.2, 0) is 23.8 Å². The summed E-state index contributed by atoms with van der Waals surface area (Å²) in [7, 11) is 0. The van der Waals surface area contributed by atoms with Crippen LogP contribution in [0.2, 0.25) is 0 Å². The Morgan fingerprint density at radius 3 is 1.27 bits per heavy atom. The molecule has 0 spiro atoms. The quantitative estimate of drug-likeness (QED) is 0.0348. The van der Waals surface area contributed by atoms with Crippen LogP contribution >= 0.6 is 0 Å². The molecule has 0 aliphatic carbocycles. The summed E-state index contributed by atoms with van der Waals surface area (Å²) in [6.45, 7) is 7.44. The number of esters is 2. The minimum Gasteiger partial charge on any atom is -0.462 e. The molecule has 0 rings (SSSR count). The van der Waals surface area contributed by atoms with Gasteiger partial charge in [-0.2, -0.15) is 0 Å². The molecular weight excluding hydrogens is 741 g/mol. The maximum atomic E-state index is 12.7. The van der Waals surface area contributed by atoms with Crippen LogP contribution in [0.1, 0.15) is 201 Å². The first kappa shape index (κ1) is 56.6. The third kappa shape index (κ3) is 47.2. The number of ether oxygens (including phenoxy) is 3. The van der Waals surface area contributed by atoms with Crippen molar-refractivity contribution in [2.45, 2.75) is 207 Å². The summed E-state index contributed by atoms with van der Waals surface area (Å²) in [5, 5.41) is 0. The summed E-state index contributed by atoms with van der Waals surface area (Å²) in [4.78, 5) is 25.2. The summed E-state index contributed by atoms with van der Waals surface area (Å²) in [5.41, 5.74) is 0. The lowest BCUT2D eigenvalue weighted by molar-refractivity contribution is -0.162. The van der Waals surface area contributed by atoms with Gasteiger partial charge in [-0.15, -0.1) is 0 Å². The number of carbonyl (C=O) groups excluding carboxylic acids is 2. The van der Waals surface area contributed by atoms with Crippen LogP contribution in [0.25, 0.3) is 0 Å². The van der Waals surface area contributed by atoms with Crippen molar-refractivity contribution in [2.24, 2.45) is 0 Å². The van der Waals surface area contributed by atoms with E-state index in [1.165, 1.54) is 57.8 Å². The van der Waals surface area contributed by atoms with Crippen molar-refractivity contribution in [1.82, 2.24) is 0 Å². The van der Waals surface area contributed by atoms with Gasteiger partial charge in [0.25, 0.3) is 0 Å². The maximum Gasteiger partial charge on any atom is 0.306 e. The van der Waals surface area contributed by atoms with Crippen LogP contribution in [0.4, 0.5) is 0 Å². The summed E-state index contributed by atoms with van der Waals surface area (Å²) in [6.07, 6.45) is 68.2. The Kier molecular flexibility index (Phi) is 47.1. The average molecular weight is 831 g/mol. The number of carbonyl (C=O) groups is 2. The number of hydrogen-bond donors (Lipinski definition) is 0. The minimum absolute atomic E-state index is 0.0320. The normalized spacial score (nSPS) is 13.2. The molecule has 0 heterocycles. The Hall–Kier alpha value is -3.44. The van der Waals surface area contributed by atoms with E-state index in [-0.39, 0.29) is 25.2 Å². The predicted octanol–water partition coefficient (Wildman–Crippen LogP) is 16.4. The number of unbranched alkanes of at least 4 members (excludes halogenated alkanes) is 14. The van der Waals surface area contributed by atoms with Gasteiger partial charge < -0.3 is 14.2 Å². The zero-order valence-electron chi connectivity index (χ0n) is 38.9. The molecule has 1 unspecified atom stereocenters. The van der Waals surface area contributed by atoms with Crippen molar-refractivity contribution < 1.29 is 23.8 Å². The van der Waals surface area contributed by atoms with Gasteiger partial charge in [-0.3, -0.25) is 9.59 Å². The molecule has 0 N–H and O–H groups in total. The molecular formula is C55H90O5. The Bertz CT molecular complexity index is 1210. The van der Waals surface area contributed by atoms with Gasteiger partial charge in [-0.05, 0) is 89.9 Å². The Labute approximate surface area is 370 Å². The zero-order valence-corrected chi connectivity index (χ0v) is 38.9. The van der Waals surface area contributed by atoms with Gasteiger partial charge in [0.05, 0.1) is 6.61 Å². The van der Waals surface area contributed by atoms with Crippen molar-refractivity contribution >= 4 is 11.9 Å². The molecule has 0 aromatic rings. The topological polar surface area (TPSA) is 61.8 Å². The first-order chi connectivity index (χ1) is 29.6. The van der Waals surface area contributed by atoms with Gasteiger partial charge >= 0.3 is 11.9 Å². The molecule has 0 amide bonds. The molecule has 0 saturated heterocycles. The van der Waals surface area contributed by atoms with Crippen LogP contribution in [0.15, 0.2) is 109 Å². The van der Waals surface area contributed by atoms with Crippen LogP contribution in [0.5, 0.6) is 0 Å². The molecule has 0 aromatic carbocycles. The molecule has 0 bridgehead atoms. The van der Waals surface area contributed by atoms with Crippen molar-refractivity contribution in [3.63, 3.8) is 0 Å². The van der Waals surface area contributed by atoms with Crippen LogP contribution < -0.4 is 0 Å². The molecule has 5 nitrogen and oxygen atoms in total. The second-order valence-corrected chi connectivity index (χ2v) is 15.6. The fourth-order valence-corrected chi connectivity index (χ4v) is 6.25. The first-order valence-electron chi connectivity index (χ1n) is 24.4. The Balaban J connectivity index is 4.38. The number of allylic oxidation sites excluding steroid dienone is 18. The highest BCUT2D eigenvalue weighted by Crippen LogP contribution is 2.13. The van der Waals surface area contributed by atoms with Gasteiger partial charge in [-0.25, -0.2) is 0 Å². The second kappa shape index (κ2) is 49.9. The van der Waals surface area contributed by atoms with Crippen molar-refractivity contribution in [3.8, 4) is 0 Å². The van der Waals surface area contributed by atoms with Crippen molar-refractivity contribution in [2.75, 3.05) is 19.8 Å². The van der Waals surface area contributed by atoms with Crippen LogP contribution in [0, 0.1) is 0 Å². The largest absolute Gasteiger partial charge is 0.462 e. The molecule has 0 aromatic heterocycles. The van der Waals surface area contributed by atoms with E-state index in [9.17, 15) is 9.59 Å². The highest BCUT2D eigenvalue weighted by atomic mass is 16.6. The summed E-state index contributed by atoms with van der Waals surface area (Å²) in [6, 6.07) is 0. The van der Waals surface area contributed by atoms with E-state index in [1.54, 1.807) is 0 Å². The molecule has 0 saturated carbocycles. The highest BCUT2D eigenvalue weighted by Gasteiger charge is 2.17. The highest BCUT2D eigenvalue weighted by molar-refractivity contribution is 5.70. The van der Waals surface area contributed by atoms with Gasteiger partial charge in [-0.1, -0.05) is 207 Å². The van der Waals surface area contributed by atoms with E-state index >= 15 is 0 Å². The van der Waals surface area contributed by atoms with E-state index in [0.717, 1.165) is 103 Å². The molecule has 0 aliphatic rings. The molecule has 5 heteroatoms. The molecule has 1 atom stereocenters. The van der Waals surface area contributed by atoms with E-state index in [2.05, 4.69) is 124 Å². The third-order valence-corrected chi connectivity index (χ3v) is 9.82. The second-order valence-electron chi connectivity index (χ2n) is 15.6. The van der Waals surface area contributed by atoms with Gasteiger partial charge in [0.15, 0.2) is 6.10 Å². The van der Waals surface area contributed by atoms with Gasteiger partial charge in [0.2, 0.25) is 0 Å². The molecule has 340 valence electrons. The van der Waals surface area contributed by atoms with Crippen molar-refractivity contribution in [1.29, 1.82) is 0 Å². The fraction of sp³-hybridized carbons (Fsp3) is 0.636. The third-order valence-electron chi connectivity index (χ3n) is 9.82. The minimum atomic E-state index is -0.582. The standard InChI is InChI=1S/C55H90O5/c1-4-7-10-13-16-19-22-24-25-26-27-28-29-30-32-35-38-41-44-47-50-58-51-53(60-55(57)49-46-43-40-37-33-21-18-15-12-9-6-3)52-59-54(56)48-45-42-39-36-34-31-23-20-17-14-11-8-5-2/h7-8,10-11,16-17,19-20,24-25,27-28,30-32,34,39,42,53H,4-6,9,12-15,18,21-23,26,29,33,35-38,40-41,43-52H2,1-3H3/b10-7-,11-8-,19-16-,20-17-,25-24-,28-27-,32-30-,34-31-,42-39-. The number of hydrogen-bond acceptors (Lipinski definition) is 5. The SMILES string of the molecule is CC/C=C\C/C=C\C/C=C\C/C=C\C/C=C\CCCCCCOCC(COC(=O)CC/C=C\C/C=C\C/C=C\C/C=C\CC)OC(=O)CCCCCCCCCCCCC. The van der Waals surface area contributed by atoms with Gasteiger partial charge in [0, 0.05) is 19.4 Å². The Morgan fingerprint density at radius 1 is 0.383 bits per heavy atom. The zero-order chi connectivity index (χ0) is 43.5. The molecule has 0 fully saturated rings. The maximum absolute atomic E-state index is 12.7. The lowest BCUT2D eigenvalue weighted by Crippen LogP contribution is -2.30. The average Bonchev–Trinajstić information content (AvgIpc) is 3.25. The van der Waals surface area contributed by atoms with E-state index in [1.807, 2.05) is 6.08 Å². The van der Waals surface area contributed by atoms with Crippen LogP contribution in [-0.4, -0.2) is 37.9 Å². The summed E-state index contributed by atoms with van der Waals surface area (Å²) in [5.74, 6) is -0.512. The fourth-order valence-electron chi connectivity index (χ4n) is 6.25. The van der Waals surface area contributed by atoms with E-state index < -0.39 is 6.10 Å². The van der Waals surface area contributed by atoms with Crippen LogP contribution in [0.3, 0.4) is 0 Å². The molecule has 0 radical (unpaired) electrons. The van der Waals surface area contributed by atoms with Gasteiger partial charge in [0.1, 0.15) is 6.61 Å². The first-order valence-corrected chi connectivity index (χ1v) is 24.4. The summed E-state index contributed by atoms with van der Waals surface area (Å²) >= 11 is 0. The lowest BCUT2D eigenvalue weighted by atomic mass is 10.1. The van der Waals surface area contributed by atoms with E-state index in [0.29, 0.717) is 25.9 Å². The lowest BCUT2D eigenvalue weighted by Gasteiger charge is -2.18. The van der Waals surface area contributed by atoms with Crippen molar-refractivity contribution in [3.05, 3.63) is 109 Å². The smallest absolute Gasteiger partial charge is 0.306 e. The predicted molar refractivity (Wildman–Crippen MR) is 260 cm³/mol. The molecule has 0 aliphatic heterocycles. The summed E-state index contributed by atoms with van der Waals surface area (Å²) < 4.78 is 17.3. The van der Waals surface area contributed by atoms with E-state index in [4.69, 9.17) is 14.2 Å². The number of rotatable bonds is 43. The Morgan fingerprint density at radius 2 is 0.783 bits per heavy atom.